The van der Waals surface area contributed by atoms with Crippen LogP contribution in [0.2, 0.25) is 0 Å². The van der Waals surface area contributed by atoms with E-state index in [4.69, 9.17) is 18.9 Å². The maximum absolute atomic E-state index is 5.51. The van der Waals surface area contributed by atoms with Gasteiger partial charge in [0.15, 0.2) is 23.0 Å². The van der Waals surface area contributed by atoms with Gasteiger partial charge in [-0.25, -0.2) is 0 Å². The summed E-state index contributed by atoms with van der Waals surface area (Å²) in [5, 5.41) is 3.54. The first-order valence-corrected chi connectivity index (χ1v) is 10.0. The molecule has 6 heteroatoms. The molecule has 0 aliphatic carbocycles. The molecule has 0 amide bonds. The van der Waals surface area contributed by atoms with Gasteiger partial charge in [-0.15, -0.1) is 0 Å². The second-order valence-corrected chi connectivity index (χ2v) is 7.57. The van der Waals surface area contributed by atoms with Crippen molar-refractivity contribution in [3.63, 3.8) is 0 Å². The van der Waals surface area contributed by atoms with Gasteiger partial charge in [0.25, 0.3) is 0 Å². The Morgan fingerprint density at radius 1 is 0.897 bits per heavy atom. The van der Waals surface area contributed by atoms with Crippen molar-refractivity contribution in [1.29, 1.82) is 0 Å². The van der Waals surface area contributed by atoms with Crippen LogP contribution in [0.1, 0.15) is 25.0 Å². The van der Waals surface area contributed by atoms with Gasteiger partial charge in [0.05, 0.1) is 0 Å². The van der Waals surface area contributed by atoms with E-state index in [1.54, 1.807) is 0 Å². The van der Waals surface area contributed by atoms with Gasteiger partial charge in [0.1, 0.15) is 0 Å². The van der Waals surface area contributed by atoms with E-state index in [0.29, 0.717) is 13.6 Å². The first-order chi connectivity index (χ1) is 14.2. The molecular formula is C23H28N2O4. The smallest absolute Gasteiger partial charge is 0.231 e. The molecular weight excluding hydrogens is 368 g/mol. The first-order valence-electron chi connectivity index (χ1n) is 10.0. The van der Waals surface area contributed by atoms with Crippen molar-refractivity contribution in [1.82, 2.24) is 10.2 Å². The average molecular weight is 396 g/mol. The largest absolute Gasteiger partial charge is 0.454 e. The molecule has 2 aromatic rings. The van der Waals surface area contributed by atoms with Crippen LogP contribution >= 0.6 is 0 Å². The lowest BCUT2D eigenvalue weighted by molar-refractivity contribution is 0.173. The molecule has 1 N–H and O–H groups in total. The van der Waals surface area contributed by atoms with Crippen LogP contribution in [0.4, 0.5) is 0 Å². The maximum atomic E-state index is 5.51. The molecule has 29 heavy (non-hydrogen) atoms. The fourth-order valence-corrected chi connectivity index (χ4v) is 3.36. The van der Waals surface area contributed by atoms with Gasteiger partial charge in [0, 0.05) is 32.7 Å². The van der Waals surface area contributed by atoms with Crippen LogP contribution in [0.3, 0.4) is 0 Å². The third-order valence-corrected chi connectivity index (χ3v) is 4.97. The van der Waals surface area contributed by atoms with Crippen molar-refractivity contribution in [2.45, 2.75) is 26.9 Å². The fraction of sp³-hybridized carbons (Fsp3) is 0.391. The number of hydrogen-bond donors (Lipinski definition) is 1. The van der Waals surface area contributed by atoms with Gasteiger partial charge in [-0.3, -0.25) is 4.90 Å². The quantitative estimate of drug-likeness (QED) is 0.515. The van der Waals surface area contributed by atoms with Gasteiger partial charge < -0.3 is 24.3 Å². The van der Waals surface area contributed by atoms with Crippen molar-refractivity contribution in [2.24, 2.45) is 0 Å². The minimum Gasteiger partial charge on any atom is -0.454 e. The summed E-state index contributed by atoms with van der Waals surface area (Å²) in [7, 11) is 0. The SMILES string of the molecule is CC(C)=CCN(CCNCc1ccc2c(c1)OCO2)Cc1ccc2c(c1)OCO2. The molecule has 6 nitrogen and oxygen atoms in total. The standard InChI is InChI=1S/C23H28N2O4/c1-17(2)7-9-25(14-19-4-6-21-23(12-19)29-16-27-21)10-8-24-13-18-3-5-20-22(11-18)28-15-26-20/h3-7,11-12,24H,8-10,13-16H2,1-2H3. The highest BCUT2D eigenvalue weighted by Gasteiger charge is 2.15. The van der Waals surface area contributed by atoms with E-state index >= 15 is 0 Å². The molecule has 0 saturated heterocycles. The lowest BCUT2D eigenvalue weighted by Gasteiger charge is -2.21. The van der Waals surface area contributed by atoms with E-state index in [2.05, 4.69) is 48.3 Å². The molecule has 2 aliphatic rings. The topological polar surface area (TPSA) is 52.2 Å². The summed E-state index contributed by atoms with van der Waals surface area (Å²) in [5.74, 6) is 3.32. The number of hydrogen-bond acceptors (Lipinski definition) is 6. The van der Waals surface area contributed by atoms with Crippen LogP contribution in [-0.2, 0) is 13.1 Å². The molecule has 0 spiro atoms. The number of fused-ring (bicyclic) bond motifs is 2. The van der Waals surface area contributed by atoms with Crippen LogP contribution in [0.15, 0.2) is 48.0 Å². The van der Waals surface area contributed by atoms with E-state index < -0.39 is 0 Å². The van der Waals surface area contributed by atoms with Crippen molar-refractivity contribution < 1.29 is 18.9 Å². The first kappa shape index (κ1) is 19.6. The van der Waals surface area contributed by atoms with E-state index in [1.807, 2.05) is 18.2 Å². The van der Waals surface area contributed by atoms with Gasteiger partial charge in [-0.2, -0.15) is 0 Å². The highest BCUT2D eigenvalue weighted by molar-refractivity contribution is 5.45. The van der Waals surface area contributed by atoms with Crippen LogP contribution < -0.4 is 24.3 Å². The molecule has 0 aromatic heterocycles. The summed E-state index contributed by atoms with van der Waals surface area (Å²) in [6.07, 6.45) is 2.27. The average Bonchev–Trinajstić information content (AvgIpc) is 3.37. The number of nitrogens with one attached hydrogen (secondary N) is 1. The summed E-state index contributed by atoms with van der Waals surface area (Å²) in [5.41, 5.74) is 3.75. The molecule has 4 rings (SSSR count). The number of nitrogens with zero attached hydrogens (tertiary/aromatic N) is 1. The molecule has 0 bridgehead atoms. The summed E-state index contributed by atoms with van der Waals surface area (Å²) in [6, 6.07) is 12.3. The predicted octanol–water partition coefficient (Wildman–Crippen LogP) is 3.70. The third-order valence-electron chi connectivity index (χ3n) is 4.97. The Bertz CT molecular complexity index is 877. The maximum Gasteiger partial charge on any atom is 0.231 e. The van der Waals surface area contributed by atoms with E-state index in [0.717, 1.165) is 55.7 Å². The zero-order chi connectivity index (χ0) is 20.1. The van der Waals surface area contributed by atoms with Crippen LogP contribution in [0.5, 0.6) is 23.0 Å². The summed E-state index contributed by atoms with van der Waals surface area (Å²) in [6.45, 7) is 9.33. The summed E-state index contributed by atoms with van der Waals surface area (Å²) < 4.78 is 21.8. The Labute approximate surface area is 172 Å². The molecule has 0 saturated carbocycles. The van der Waals surface area contributed by atoms with Gasteiger partial charge in [-0.05, 0) is 49.2 Å². The summed E-state index contributed by atoms with van der Waals surface area (Å²) in [4.78, 5) is 2.43. The molecule has 154 valence electrons. The summed E-state index contributed by atoms with van der Waals surface area (Å²) >= 11 is 0. The lowest BCUT2D eigenvalue weighted by Crippen LogP contribution is -2.32. The lowest BCUT2D eigenvalue weighted by atomic mass is 10.2. The number of benzene rings is 2. The van der Waals surface area contributed by atoms with Crippen molar-refractivity contribution in [3.05, 3.63) is 59.2 Å². The second-order valence-electron chi connectivity index (χ2n) is 7.57. The molecule has 2 aromatic carbocycles. The molecule has 0 radical (unpaired) electrons. The second kappa shape index (κ2) is 9.20. The third kappa shape index (κ3) is 5.22. The highest BCUT2D eigenvalue weighted by Crippen LogP contribution is 2.33. The van der Waals surface area contributed by atoms with Crippen molar-refractivity contribution in [3.8, 4) is 23.0 Å². The fourth-order valence-electron chi connectivity index (χ4n) is 3.36. The molecule has 2 aliphatic heterocycles. The van der Waals surface area contributed by atoms with E-state index in [1.165, 1.54) is 16.7 Å². The Balaban J connectivity index is 1.30. The zero-order valence-electron chi connectivity index (χ0n) is 17.1. The molecule has 0 fully saturated rings. The minimum absolute atomic E-state index is 0.310. The predicted molar refractivity (Wildman–Crippen MR) is 112 cm³/mol. The minimum atomic E-state index is 0.310. The monoisotopic (exact) mass is 396 g/mol. The Hall–Kier alpha value is -2.70. The molecule has 0 atom stereocenters. The zero-order valence-corrected chi connectivity index (χ0v) is 17.1. The number of ether oxygens (including phenoxy) is 4. The van der Waals surface area contributed by atoms with Crippen molar-refractivity contribution >= 4 is 0 Å². The normalized spacial score (nSPS) is 13.8. The van der Waals surface area contributed by atoms with Gasteiger partial charge in [0.2, 0.25) is 13.6 Å². The number of rotatable bonds is 9. The highest BCUT2D eigenvalue weighted by atomic mass is 16.7. The van der Waals surface area contributed by atoms with Crippen LogP contribution in [-0.4, -0.2) is 38.1 Å². The van der Waals surface area contributed by atoms with E-state index in [9.17, 15) is 0 Å². The Kier molecular flexibility index (Phi) is 6.22. The van der Waals surface area contributed by atoms with Gasteiger partial charge in [-0.1, -0.05) is 23.8 Å². The Morgan fingerprint density at radius 2 is 1.52 bits per heavy atom. The van der Waals surface area contributed by atoms with Gasteiger partial charge >= 0.3 is 0 Å². The molecule has 0 unspecified atom stereocenters. The number of allylic oxidation sites excluding steroid dienone is 1. The van der Waals surface area contributed by atoms with Crippen LogP contribution in [0, 0.1) is 0 Å². The van der Waals surface area contributed by atoms with Crippen molar-refractivity contribution in [2.75, 3.05) is 33.2 Å². The molecule has 2 heterocycles. The van der Waals surface area contributed by atoms with E-state index in [-0.39, 0.29) is 0 Å². The van der Waals surface area contributed by atoms with Crippen LogP contribution in [0.25, 0.3) is 0 Å². The Morgan fingerprint density at radius 3 is 2.21 bits per heavy atom.